The Balaban J connectivity index is 1.47. The molecule has 3 heterocycles. The van der Waals surface area contributed by atoms with Gasteiger partial charge in [0.1, 0.15) is 6.04 Å². The van der Waals surface area contributed by atoms with Crippen LogP contribution in [0, 0.1) is 6.92 Å². The number of cyclic esters (lactones) is 1. The van der Waals surface area contributed by atoms with Crippen LogP contribution in [0.1, 0.15) is 21.7 Å². The standard InChI is InChI=1S/C18H20N2O3S/c1-12-13-4-2-3-5-15(13)24-16(12)17(21)20-9-7-19(8-10-20)14-6-11-23-18(14)22/h2-5,14H,6-11H2,1H3/t14-/m0/s1. The molecule has 6 heteroatoms. The summed E-state index contributed by atoms with van der Waals surface area (Å²) in [6.45, 7) is 5.33. The van der Waals surface area contributed by atoms with E-state index in [9.17, 15) is 9.59 Å². The summed E-state index contributed by atoms with van der Waals surface area (Å²) in [5, 5.41) is 1.16. The molecule has 1 aromatic heterocycles. The van der Waals surface area contributed by atoms with Crippen LogP contribution in [-0.4, -0.2) is 60.5 Å². The molecule has 0 unspecified atom stereocenters. The van der Waals surface area contributed by atoms with Gasteiger partial charge in [-0.15, -0.1) is 11.3 Å². The molecule has 0 N–H and O–H groups in total. The van der Waals surface area contributed by atoms with E-state index < -0.39 is 0 Å². The van der Waals surface area contributed by atoms with Gasteiger partial charge >= 0.3 is 5.97 Å². The number of carbonyl (C=O) groups excluding carboxylic acids is 2. The van der Waals surface area contributed by atoms with Crippen molar-refractivity contribution < 1.29 is 14.3 Å². The molecule has 1 aromatic carbocycles. The highest BCUT2D eigenvalue weighted by atomic mass is 32.1. The number of benzene rings is 1. The molecule has 2 saturated heterocycles. The van der Waals surface area contributed by atoms with E-state index in [1.54, 1.807) is 11.3 Å². The van der Waals surface area contributed by atoms with Gasteiger partial charge in [-0.3, -0.25) is 14.5 Å². The summed E-state index contributed by atoms with van der Waals surface area (Å²) >= 11 is 1.57. The number of esters is 1. The number of aryl methyl sites for hydroxylation is 1. The van der Waals surface area contributed by atoms with Crippen molar-refractivity contribution in [3.63, 3.8) is 0 Å². The number of amides is 1. The normalized spacial score (nSPS) is 22.1. The molecule has 2 fully saturated rings. The molecule has 5 nitrogen and oxygen atoms in total. The van der Waals surface area contributed by atoms with Gasteiger partial charge in [-0.1, -0.05) is 18.2 Å². The number of hydrogen-bond donors (Lipinski definition) is 0. The highest BCUT2D eigenvalue weighted by Gasteiger charge is 2.35. The monoisotopic (exact) mass is 344 g/mol. The smallest absolute Gasteiger partial charge is 0.323 e. The van der Waals surface area contributed by atoms with Gasteiger partial charge in [0, 0.05) is 37.3 Å². The number of ether oxygens (including phenoxy) is 1. The third-order valence-corrected chi connectivity index (χ3v) is 6.25. The lowest BCUT2D eigenvalue weighted by molar-refractivity contribution is -0.142. The number of nitrogens with zero attached hydrogens (tertiary/aromatic N) is 2. The maximum absolute atomic E-state index is 12.9. The Morgan fingerprint density at radius 1 is 1.21 bits per heavy atom. The molecule has 4 rings (SSSR count). The maximum atomic E-state index is 12.9. The Morgan fingerprint density at radius 2 is 1.96 bits per heavy atom. The molecule has 0 bridgehead atoms. The fraction of sp³-hybridized carbons (Fsp3) is 0.444. The molecule has 0 radical (unpaired) electrons. The minimum absolute atomic E-state index is 0.113. The lowest BCUT2D eigenvalue weighted by Crippen LogP contribution is -2.53. The molecule has 1 amide bonds. The Bertz CT molecular complexity index is 793. The molecule has 126 valence electrons. The second-order valence-corrected chi connectivity index (χ2v) is 7.40. The van der Waals surface area contributed by atoms with Gasteiger partial charge in [-0.05, 0) is 23.9 Å². The SMILES string of the molecule is Cc1c(C(=O)N2CCN([C@H]3CCOC3=O)CC2)sc2ccccc12. The summed E-state index contributed by atoms with van der Waals surface area (Å²) in [4.78, 5) is 29.5. The number of fused-ring (bicyclic) bond motifs is 1. The van der Waals surface area contributed by atoms with Crippen molar-refractivity contribution in [2.24, 2.45) is 0 Å². The summed E-state index contributed by atoms with van der Waals surface area (Å²) < 4.78 is 6.21. The molecule has 1 atom stereocenters. The molecule has 24 heavy (non-hydrogen) atoms. The predicted octanol–water partition coefficient (Wildman–Crippen LogP) is 2.28. The Labute approximate surface area is 144 Å². The third-order valence-electron chi connectivity index (χ3n) is 4.99. The van der Waals surface area contributed by atoms with Crippen LogP contribution in [0.25, 0.3) is 10.1 Å². The van der Waals surface area contributed by atoms with Crippen LogP contribution in [-0.2, 0) is 9.53 Å². The van der Waals surface area contributed by atoms with E-state index in [1.165, 1.54) is 0 Å². The minimum Gasteiger partial charge on any atom is -0.464 e. The zero-order valence-corrected chi connectivity index (χ0v) is 14.5. The first kappa shape index (κ1) is 15.6. The molecule has 2 aromatic rings. The fourth-order valence-corrected chi connectivity index (χ4v) is 4.75. The summed E-state index contributed by atoms with van der Waals surface area (Å²) in [5.41, 5.74) is 1.07. The first-order valence-corrected chi connectivity index (χ1v) is 9.15. The molecule has 0 aliphatic carbocycles. The van der Waals surface area contributed by atoms with E-state index in [2.05, 4.69) is 17.0 Å². The van der Waals surface area contributed by atoms with Gasteiger partial charge in [0.15, 0.2) is 0 Å². The minimum atomic E-state index is -0.117. The first-order valence-electron chi connectivity index (χ1n) is 8.33. The number of piperazine rings is 1. The summed E-state index contributed by atoms with van der Waals surface area (Å²) in [5.74, 6) is -0.00234. The fourth-order valence-electron chi connectivity index (χ4n) is 3.58. The van der Waals surface area contributed by atoms with E-state index in [1.807, 2.05) is 24.0 Å². The number of hydrogen-bond acceptors (Lipinski definition) is 5. The van der Waals surface area contributed by atoms with Crippen LogP contribution < -0.4 is 0 Å². The zero-order valence-electron chi connectivity index (χ0n) is 13.7. The van der Waals surface area contributed by atoms with Crippen molar-refractivity contribution in [2.75, 3.05) is 32.8 Å². The third kappa shape index (κ3) is 2.59. The number of thiophene rings is 1. The molecule has 0 saturated carbocycles. The number of rotatable bonds is 2. The molecule has 2 aliphatic heterocycles. The van der Waals surface area contributed by atoms with Gasteiger partial charge in [0.25, 0.3) is 5.91 Å². The molecule has 2 aliphatic rings. The van der Waals surface area contributed by atoms with Crippen LogP contribution in [0.3, 0.4) is 0 Å². The van der Waals surface area contributed by atoms with Crippen molar-refractivity contribution in [3.05, 3.63) is 34.7 Å². The van der Waals surface area contributed by atoms with E-state index in [0.29, 0.717) is 19.7 Å². The van der Waals surface area contributed by atoms with Gasteiger partial charge in [-0.2, -0.15) is 0 Å². The lowest BCUT2D eigenvalue weighted by Gasteiger charge is -2.36. The highest BCUT2D eigenvalue weighted by molar-refractivity contribution is 7.21. The summed E-state index contributed by atoms with van der Waals surface area (Å²) in [7, 11) is 0. The average molecular weight is 344 g/mol. The summed E-state index contributed by atoms with van der Waals surface area (Å²) in [6.07, 6.45) is 0.766. The van der Waals surface area contributed by atoms with Crippen molar-refractivity contribution in [1.29, 1.82) is 0 Å². The van der Waals surface area contributed by atoms with E-state index in [-0.39, 0.29) is 17.9 Å². The second-order valence-electron chi connectivity index (χ2n) is 6.35. The van der Waals surface area contributed by atoms with Crippen LogP contribution in [0.15, 0.2) is 24.3 Å². The van der Waals surface area contributed by atoms with Gasteiger partial charge in [0.2, 0.25) is 0 Å². The van der Waals surface area contributed by atoms with E-state index >= 15 is 0 Å². The largest absolute Gasteiger partial charge is 0.464 e. The quantitative estimate of drug-likeness (QED) is 0.785. The van der Waals surface area contributed by atoms with Crippen molar-refractivity contribution >= 4 is 33.3 Å². The predicted molar refractivity (Wildman–Crippen MR) is 93.4 cm³/mol. The number of carbonyl (C=O) groups is 2. The van der Waals surface area contributed by atoms with E-state index in [0.717, 1.165) is 40.0 Å². The Hall–Kier alpha value is -1.92. The highest BCUT2D eigenvalue weighted by Crippen LogP contribution is 2.31. The van der Waals surface area contributed by atoms with Gasteiger partial charge in [0.05, 0.1) is 11.5 Å². The van der Waals surface area contributed by atoms with Gasteiger partial charge in [-0.25, -0.2) is 0 Å². The Morgan fingerprint density at radius 3 is 2.62 bits per heavy atom. The Kier molecular flexibility index (Phi) is 4.02. The zero-order chi connectivity index (χ0) is 16.7. The lowest BCUT2D eigenvalue weighted by atomic mass is 10.1. The van der Waals surface area contributed by atoms with Crippen molar-refractivity contribution in [3.8, 4) is 0 Å². The van der Waals surface area contributed by atoms with Crippen LogP contribution in [0.4, 0.5) is 0 Å². The molecule has 0 spiro atoms. The molecular weight excluding hydrogens is 324 g/mol. The van der Waals surface area contributed by atoms with Crippen LogP contribution >= 0.6 is 11.3 Å². The van der Waals surface area contributed by atoms with Crippen molar-refractivity contribution in [1.82, 2.24) is 9.80 Å². The summed E-state index contributed by atoms with van der Waals surface area (Å²) in [6, 6.07) is 8.03. The average Bonchev–Trinajstić information content (AvgIpc) is 3.18. The van der Waals surface area contributed by atoms with Crippen molar-refractivity contribution in [2.45, 2.75) is 19.4 Å². The second kappa shape index (κ2) is 6.18. The van der Waals surface area contributed by atoms with Crippen LogP contribution in [0.2, 0.25) is 0 Å². The topological polar surface area (TPSA) is 49.9 Å². The first-order chi connectivity index (χ1) is 11.6. The van der Waals surface area contributed by atoms with E-state index in [4.69, 9.17) is 4.74 Å². The van der Waals surface area contributed by atoms with Gasteiger partial charge < -0.3 is 9.64 Å². The molecular formula is C18H20N2O3S. The maximum Gasteiger partial charge on any atom is 0.323 e. The van der Waals surface area contributed by atoms with Crippen LogP contribution in [0.5, 0.6) is 0 Å².